The maximum Gasteiger partial charge on any atom is 0.333 e. The van der Waals surface area contributed by atoms with E-state index in [0.717, 1.165) is 276 Å². The fraction of sp³-hybridized carbons (Fsp3) is 0.435. The van der Waals surface area contributed by atoms with E-state index in [9.17, 15) is 10.1 Å². The number of anilines is 11. The molecule has 5 atom stereocenters. The van der Waals surface area contributed by atoms with Gasteiger partial charge in [-0.3, -0.25) is 10.1 Å². The van der Waals surface area contributed by atoms with Gasteiger partial charge in [-0.1, -0.05) is 30.0 Å². The van der Waals surface area contributed by atoms with Crippen LogP contribution in [0, 0.1) is 27.9 Å². The number of benzene rings is 1. The van der Waals surface area contributed by atoms with Crippen LogP contribution in [0.1, 0.15) is 106 Å². The van der Waals surface area contributed by atoms with E-state index in [1.165, 1.54) is 36.6 Å². The molecule has 0 radical (unpaired) electrons. The first-order valence-corrected chi connectivity index (χ1v) is 55.7. The smallest absolute Gasteiger partial charge is 0.333 e. The van der Waals surface area contributed by atoms with Gasteiger partial charge in [-0.05, 0) is 330 Å². The van der Waals surface area contributed by atoms with Gasteiger partial charge >= 0.3 is 5.69 Å². The summed E-state index contributed by atoms with van der Waals surface area (Å²) in [6, 6.07) is 11.8. The first-order chi connectivity index (χ1) is 67.2. The highest BCUT2D eigenvalue weighted by Crippen LogP contribution is 2.48. The second-order valence-electron chi connectivity index (χ2n) is 35.3. The van der Waals surface area contributed by atoms with Gasteiger partial charge in [0.2, 0.25) is 5.65 Å². The van der Waals surface area contributed by atoms with Crippen LogP contribution in [-0.4, -0.2) is 222 Å². The van der Waals surface area contributed by atoms with E-state index in [-0.39, 0.29) is 29.2 Å². The van der Waals surface area contributed by atoms with E-state index in [0.29, 0.717) is 93.5 Å². The van der Waals surface area contributed by atoms with Crippen LogP contribution in [0.4, 0.5) is 69.7 Å². The average molecular weight is 2710 g/mol. The number of aromatic nitrogens is 21. The largest absolute Gasteiger partial charge is 0.383 e. The zero-order valence-corrected chi connectivity index (χ0v) is 95.0. The number of nitrogen functional groups attached to an aromatic ring is 7. The Bertz CT molecular complexity index is 6900. The van der Waals surface area contributed by atoms with Gasteiger partial charge in [0.15, 0.2) is 33.9 Å². The van der Waals surface area contributed by atoms with Crippen molar-refractivity contribution in [2.24, 2.45) is 40.7 Å². The van der Waals surface area contributed by atoms with Crippen LogP contribution in [0.5, 0.6) is 0 Å². The van der Waals surface area contributed by atoms with Crippen LogP contribution in [0.2, 0.25) is 0 Å². The second kappa shape index (κ2) is 45.7. The van der Waals surface area contributed by atoms with Gasteiger partial charge in [0, 0.05) is 113 Å². The van der Waals surface area contributed by atoms with Crippen molar-refractivity contribution in [2.75, 3.05) is 145 Å². The fourth-order valence-corrected chi connectivity index (χ4v) is 24.5. The summed E-state index contributed by atoms with van der Waals surface area (Å²) < 4.78 is 21.0. The van der Waals surface area contributed by atoms with Crippen molar-refractivity contribution in [3.63, 3.8) is 0 Å². The molecule has 744 valence electrons. The quantitative estimate of drug-likeness (QED) is 0.0399. The lowest BCUT2D eigenvalue weighted by molar-refractivity contribution is -0.383. The number of nitro groups is 1. The summed E-state index contributed by atoms with van der Waals surface area (Å²) in [6.07, 6.45) is 27.8. The van der Waals surface area contributed by atoms with Crippen molar-refractivity contribution in [3.8, 4) is 0 Å². The van der Waals surface area contributed by atoms with Gasteiger partial charge in [-0.25, -0.2) is 34.9 Å². The maximum atomic E-state index is 11.0. The van der Waals surface area contributed by atoms with E-state index in [2.05, 4.69) is 285 Å². The number of piperidine rings is 1. The Morgan fingerprint density at radius 3 is 1.16 bits per heavy atom. The van der Waals surface area contributed by atoms with Crippen LogP contribution in [0.15, 0.2) is 137 Å². The molecule has 23 rings (SSSR count). The Balaban J connectivity index is 0.000000113. The molecule has 3 aliphatic carbocycles. The SMILES string of the molecule is Nc1c(Br)c(C2C[C@@H]3C[C@H]2CN3)nc2c(Br)cnn12.Nc1c(Br)c(CC2CCC(N)CC2)nc2c(Br)cnn12.Nc1c(Br)c(CC2CCC(N)CC2)nc2c(Br)cnn12.Nc1c(Br)c(N2CCCNCC2)nc2c(Br)cnn12.Nc1c(Br)c(N2CCNCC2)nc2c(Br)cnn12.Nc1c(Br)c(N2CC[C@H](N)C2)nc2c(Sc3ccccc3)cnn12.Nc1c(Br)c(N2CC[C@H](N)C2)nc2c([N+](=O)[O-])cnn12. The van der Waals surface area contributed by atoms with E-state index in [4.69, 9.17) is 83.0 Å². The predicted molar refractivity (Wildman–Crippen MR) is 590 cm³/mol. The van der Waals surface area contributed by atoms with Crippen molar-refractivity contribution >= 4 is 312 Å². The van der Waals surface area contributed by atoms with Crippen LogP contribution < -0.4 is 98.6 Å². The molecule has 8 fully saturated rings. The highest BCUT2D eigenvalue weighted by molar-refractivity contribution is 9.12. The molecule has 42 nitrogen and oxygen atoms in total. The number of nitrogens with zero attached hydrogens (tertiary/aromatic N) is 26. The molecular weight excluding hydrogens is 2600 g/mol. The number of halogens is 12. The zero-order chi connectivity index (χ0) is 98.9. The van der Waals surface area contributed by atoms with Crippen molar-refractivity contribution in [2.45, 2.75) is 142 Å². The summed E-state index contributed by atoms with van der Waals surface area (Å²) in [4.78, 5) is 53.9. The summed E-state index contributed by atoms with van der Waals surface area (Å²) in [5.74, 6) is 9.41. The number of piperazine rings is 1. The van der Waals surface area contributed by atoms with Crippen LogP contribution in [0.25, 0.3) is 39.5 Å². The molecule has 0 spiro atoms. The lowest BCUT2D eigenvalue weighted by Crippen LogP contribution is -2.44. The summed E-state index contributed by atoms with van der Waals surface area (Å²) in [5.41, 5.74) is 74.4. The van der Waals surface area contributed by atoms with Crippen LogP contribution in [0.3, 0.4) is 0 Å². The number of hydrogen-bond acceptors (Lipinski definition) is 35. The highest BCUT2D eigenvalue weighted by atomic mass is 79.9. The van der Waals surface area contributed by atoms with Crippen molar-refractivity contribution < 1.29 is 4.92 Å². The second-order valence-corrected chi connectivity index (χ2v) is 46.2. The molecule has 1 aromatic carbocycles. The molecule has 140 heavy (non-hydrogen) atoms. The van der Waals surface area contributed by atoms with Crippen molar-refractivity contribution in [1.82, 2.24) is 118 Å². The molecule has 55 heteroatoms. The molecule has 15 aromatic rings. The van der Waals surface area contributed by atoms with Gasteiger partial charge in [0.1, 0.15) is 88.1 Å². The number of nitrogens with one attached hydrogen (secondary N) is 3. The Labute approximate surface area is 908 Å². The topological polar surface area (TPSA) is 590 Å². The molecule has 25 N–H and O–H groups in total. The number of hydrogen-bond donors (Lipinski definition) is 14. The van der Waals surface area contributed by atoms with Crippen LogP contribution >= 0.6 is 203 Å². The molecule has 0 amide bonds. The first-order valence-electron chi connectivity index (χ1n) is 45.3. The summed E-state index contributed by atoms with van der Waals surface area (Å²) in [5, 5.41) is 50.6. The molecule has 2 bridgehead atoms. The zero-order valence-electron chi connectivity index (χ0n) is 75.2. The lowest BCUT2D eigenvalue weighted by atomic mass is 9.84. The molecule has 3 saturated carbocycles. The Morgan fingerprint density at radius 1 is 0.379 bits per heavy atom. The third-order valence-electron chi connectivity index (χ3n) is 25.9. The van der Waals surface area contributed by atoms with Crippen LogP contribution in [-0.2, 0) is 12.8 Å². The van der Waals surface area contributed by atoms with E-state index < -0.39 is 4.92 Å². The van der Waals surface area contributed by atoms with Gasteiger partial charge in [0.05, 0.1) is 99.9 Å². The monoisotopic (exact) mass is 2690 g/mol. The minimum Gasteiger partial charge on any atom is -0.383 e. The van der Waals surface area contributed by atoms with E-state index in [1.807, 2.05) is 29.3 Å². The maximum absolute atomic E-state index is 11.0. The van der Waals surface area contributed by atoms with Gasteiger partial charge in [-0.15, -0.1) is 0 Å². The summed E-state index contributed by atoms with van der Waals surface area (Å²) in [7, 11) is 0. The summed E-state index contributed by atoms with van der Waals surface area (Å²) >= 11 is 43.7. The average Bonchev–Trinajstić information content (AvgIpc) is 1.60. The minimum absolute atomic E-state index is 0.0704. The van der Waals surface area contributed by atoms with E-state index in [1.54, 1.807) is 69.8 Å². The number of nitrogens with two attached hydrogens (primary N) is 11. The standard InChI is InChI=1S/C16H17BrN6S.2C13H17Br2N5.C12H13Br2N5.C11H14Br2N6.C10H12Br2N6.C10H12BrN7O2/c17-13-14(19)23-15(21-16(13)22-7-6-10(18)9-22)12(8-20-23)24-11-4-2-1-3-5-11;2*14-9-6-18-20-12(17)11(15)10(19-13(9)20)5-7-1-3-8(16)4-2-7;13-8-4-17-19-11(15)9(14)10(18-12(8)19)7-2-6-1-5(7)3-16-6;12-7-6-16-19-9(14)8(13)11(17-10(7)19)18-4-1-2-15-3-5-18;11-6-5-15-18-8(13)7(12)10(16-9(6)18)17-3-1-14-2-4-17;11-7-8(13)17-9(6(3-14-17)18(19)20)15-10(7)16-2-1-5(12)4-16/h1-5,8,10H,6-7,9,18-19H2;2*6-8H,1-5,16-17H2;4-7,16H,1-3,15H2;6,15H,1-5,14H2;5,14H,1-4,13H2;3,5H,1-2,4,12-13H2/t10-;;;5-,6-,7?;;;5-/m0..0..0/s1. The third kappa shape index (κ3) is 22.6. The molecule has 5 saturated heterocycles. The predicted octanol–water partition coefficient (Wildman–Crippen LogP) is 14.3. The first kappa shape index (κ1) is 104. The lowest BCUT2D eigenvalue weighted by Gasteiger charge is -2.29. The van der Waals surface area contributed by atoms with Crippen molar-refractivity contribution in [1.29, 1.82) is 0 Å². The molecule has 8 aliphatic rings. The summed E-state index contributed by atoms with van der Waals surface area (Å²) in [6.45, 7) is 11.8. The molecule has 5 aliphatic heterocycles. The highest BCUT2D eigenvalue weighted by Gasteiger charge is 2.43. The fourth-order valence-electron chi connectivity index (χ4n) is 18.4. The normalized spacial score (nSPS) is 20.8. The molecule has 19 heterocycles. The number of fused-ring (bicyclic) bond motifs is 9. The Morgan fingerprint density at radius 2 is 0.743 bits per heavy atom. The van der Waals surface area contributed by atoms with Crippen molar-refractivity contribution in [3.05, 3.63) is 155 Å². The Kier molecular flexibility index (Phi) is 33.9. The van der Waals surface area contributed by atoms with Gasteiger partial charge < -0.3 is 98.6 Å². The Hall–Kier alpha value is -7.41. The third-order valence-corrected chi connectivity index (χ3v) is 35.3. The van der Waals surface area contributed by atoms with Gasteiger partial charge in [0.25, 0.3) is 0 Å². The number of rotatable bonds is 12. The van der Waals surface area contributed by atoms with E-state index >= 15 is 0 Å². The minimum atomic E-state index is -0.526. The van der Waals surface area contributed by atoms with Gasteiger partial charge in [-0.2, -0.15) is 67.3 Å². The molecular formula is C85H102Br12N40O2S. The molecule has 14 aromatic heterocycles. The molecule has 1 unspecified atom stereocenters.